The van der Waals surface area contributed by atoms with Crippen LogP contribution in [0.3, 0.4) is 0 Å². The lowest BCUT2D eigenvalue weighted by Gasteiger charge is -2.38. The maximum atomic E-state index is 15.2. The van der Waals surface area contributed by atoms with Gasteiger partial charge in [-0.2, -0.15) is 0 Å². The maximum Gasteiger partial charge on any atom is 0.407 e. The summed E-state index contributed by atoms with van der Waals surface area (Å²) in [6.45, 7) is 16.0. The maximum absolute atomic E-state index is 15.2. The Kier molecular flexibility index (Phi) is 13.8. The fourth-order valence-corrected chi connectivity index (χ4v) is 10.4. The number of hydrogen-bond donors (Lipinski definition) is 3. The normalized spacial score (nSPS) is 23.6. The molecule has 2 aliphatic carbocycles. The van der Waals surface area contributed by atoms with Crippen LogP contribution in [0.15, 0.2) is 67.3 Å². The molecule has 3 heterocycles. The van der Waals surface area contributed by atoms with Crippen LogP contribution >= 0.6 is 0 Å². The Labute approximate surface area is 387 Å². The standard InChI is InChI=1S/C49H64N6O10S/c1-9-32-26-49(32,45(59)53-66(61,62)35-18-19-35)52-43(57)40-23-34(64-41-25-38(31-15-11-10-12-16-31)51-39-22-33(63-8)17-20-36(39)41)29-55(40)44(58)37(47(2,3)4)24-42(56)54-21-13-14-30(28-54)27-50-46(60)65-48(5,6)7/h9-12,15-17,20,22,25,30,32,34-35,37,40H,1,13-14,18-19,21,23-24,26-29H2,2-8H3,(H,50,60)(H,52,57)(H,53,59)/t30?,32-,34-,37-,40+,49-/m1/s1. The van der Waals surface area contributed by atoms with Crippen molar-refractivity contribution < 1.29 is 46.6 Å². The van der Waals surface area contributed by atoms with Crippen LogP contribution in [0.4, 0.5) is 4.79 Å². The van der Waals surface area contributed by atoms with E-state index in [1.165, 1.54) is 11.0 Å². The third-order valence-electron chi connectivity index (χ3n) is 13.0. The molecule has 4 fully saturated rings. The Balaban J connectivity index is 1.16. The van der Waals surface area contributed by atoms with Gasteiger partial charge >= 0.3 is 6.09 Å². The second-order valence-electron chi connectivity index (χ2n) is 20.3. The number of aromatic nitrogens is 1. The minimum atomic E-state index is -3.94. The summed E-state index contributed by atoms with van der Waals surface area (Å²) in [4.78, 5) is 78.4. The summed E-state index contributed by atoms with van der Waals surface area (Å²) in [6.07, 6.45) is 2.70. The van der Waals surface area contributed by atoms with Gasteiger partial charge in [-0.15, -0.1) is 6.58 Å². The Hall–Kier alpha value is -5.71. The smallest absolute Gasteiger partial charge is 0.407 e. The summed E-state index contributed by atoms with van der Waals surface area (Å²) >= 11 is 0. The summed E-state index contributed by atoms with van der Waals surface area (Å²) in [5.41, 5.74) is -0.885. The van der Waals surface area contributed by atoms with E-state index >= 15 is 4.79 Å². The van der Waals surface area contributed by atoms with Gasteiger partial charge in [0, 0.05) is 61.5 Å². The number of alkyl carbamates (subject to hydrolysis) is 1. The first kappa shape index (κ1) is 48.2. The van der Waals surface area contributed by atoms with Crippen molar-refractivity contribution in [3.63, 3.8) is 0 Å². The zero-order valence-corrected chi connectivity index (χ0v) is 39.9. The molecule has 1 aromatic heterocycles. The van der Waals surface area contributed by atoms with Crippen molar-refractivity contribution in [1.29, 1.82) is 0 Å². The fraction of sp³-hybridized carbons (Fsp3) is 0.551. The second kappa shape index (κ2) is 18.9. The molecule has 3 aromatic rings. The summed E-state index contributed by atoms with van der Waals surface area (Å²) in [7, 11) is -2.37. The molecule has 66 heavy (non-hydrogen) atoms. The molecule has 0 spiro atoms. The number of nitrogens with one attached hydrogen (secondary N) is 3. The SMILES string of the molecule is C=C[C@@H]1C[C@]1(NC(=O)[C@@H]1C[C@@H](Oc2cc(-c3ccccc3)nc3cc(OC)ccc23)CN1C(=O)[C@@H](CC(=O)N1CCCC(CNC(=O)OC(C)(C)C)C1)C(C)(C)C)C(=O)NS(=O)(=O)C1CC1. The number of sulfonamides is 1. The Morgan fingerprint density at radius 2 is 1.71 bits per heavy atom. The molecule has 0 bridgehead atoms. The molecule has 356 valence electrons. The third kappa shape index (κ3) is 11.1. The highest BCUT2D eigenvalue weighted by Gasteiger charge is 2.62. The number of pyridine rings is 1. The molecular formula is C49H64N6O10S. The number of ether oxygens (including phenoxy) is 3. The van der Waals surface area contributed by atoms with E-state index in [1.54, 1.807) is 38.8 Å². The number of methoxy groups -OCH3 is 1. The van der Waals surface area contributed by atoms with E-state index in [-0.39, 0.29) is 37.6 Å². The van der Waals surface area contributed by atoms with Crippen molar-refractivity contribution >= 4 is 50.6 Å². The number of fused-ring (bicyclic) bond motifs is 1. The zero-order chi connectivity index (χ0) is 47.8. The number of piperidine rings is 1. The summed E-state index contributed by atoms with van der Waals surface area (Å²) in [5, 5.41) is 5.71. The van der Waals surface area contributed by atoms with Gasteiger partial charge in [-0.3, -0.25) is 23.9 Å². The van der Waals surface area contributed by atoms with Crippen LogP contribution in [-0.4, -0.2) is 115 Å². The highest BCUT2D eigenvalue weighted by atomic mass is 32.2. The van der Waals surface area contributed by atoms with Crippen molar-refractivity contribution in [3.8, 4) is 22.8 Å². The van der Waals surface area contributed by atoms with Crippen LogP contribution in [0.1, 0.15) is 86.5 Å². The predicted molar refractivity (Wildman–Crippen MR) is 249 cm³/mol. The van der Waals surface area contributed by atoms with Crippen molar-refractivity contribution in [3.05, 3.63) is 67.3 Å². The first-order valence-electron chi connectivity index (χ1n) is 22.9. The molecule has 5 amide bonds. The number of likely N-dealkylation sites (tertiary alicyclic amines) is 2. The first-order chi connectivity index (χ1) is 31.1. The van der Waals surface area contributed by atoms with E-state index in [0.29, 0.717) is 60.6 Å². The number of benzene rings is 2. The average Bonchev–Trinajstić information content (AvgIpc) is 4.20. The van der Waals surface area contributed by atoms with E-state index in [1.807, 2.05) is 69.3 Å². The van der Waals surface area contributed by atoms with Crippen molar-refractivity contribution in [1.82, 2.24) is 30.1 Å². The summed E-state index contributed by atoms with van der Waals surface area (Å²) in [5.74, 6) is -2.50. The largest absolute Gasteiger partial charge is 0.497 e. The first-order valence-corrected chi connectivity index (χ1v) is 24.4. The van der Waals surface area contributed by atoms with Gasteiger partial charge < -0.3 is 34.6 Å². The molecule has 17 heteroatoms. The lowest BCUT2D eigenvalue weighted by atomic mass is 9.77. The van der Waals surface area contributed by atoms with Gasteiger partial charge in [-0.1, -0.05) is 57.2 Å². The lowest BCUT2D eigenvalue weighted by Crippen LogP contribution is -2.57. The Morgan fingerprint density at radius 1 is 0.985 bits per heavy atom. The van der Waals surface area contributed by atoms with Crippen LogP contribution in [0.2, 0.25) is 0 Å². The van der Waals surface area contributed by atoms with Gasteiger partial charge in [0.2, 0.25) is 27.7 Å². The molecule has 16 nitrogen and oxygen atoms in total. The van der Waals surface area contributed by atoms with Gasteiger partial charge in [0.1, 0.15) is 34.8 Å². The molecule has 1 unspecified atom stereocenters. The number of carbonyl (C=O) groups is 5. The number of hydrogen-bond acceptors (Lipinski definition) is 11. The van der Waals surface area contributed by atoms with Crippen molar-refractivity contribution in [2.24, 2.45) is 23.2 Å². The predicted octanol–water partition coefficient (Wildman–Crippen LogP) is 5.74. The molecule has 2 aromatic carbocycles. The summed E-state index contributed by atoms with van der Waals surface area (Å²) in [6, 6.07) is 15.7. The van der Waals surface area contributed by atoms with Gasteiger partial charge in [0.15, 0.2) is 0 Å². The van der Waals surface area contributed by atoms with Crippen LogP contribution in [0.25, 0.3) is 22.2 Å². The van der Waals surface area contributed by atoms with Gasteiger partial charge in [-0.05, 0) is 76.3 Å². The van der Waals surface area contributed by atoms with Crippen LogP contribution in [0.5, 0.6) is 11.5 Å². The number of amides is 5. The summed E-state index contributed by atoms with van der Waals surface area (Å²) < 4.78 is 45.7. The van der Waals surface area contributed by atoms with E-state index in [4.69, 9.17) is 19.2 Å². The molecule has 0 radical (unpaired) electrons. The van der Waals surface area contributed by atoms with Gasteiger partial charge in [0.05, 0.1) is 36.0 Å². The lowest BCUT2D eigenvalue weighted by molar-refractivity contribution is -0.149. The van der Waals surface area contributed by atoms with E-state index in [2.05, 4.69) is 21.9 Å². The minimum Gasteiger partial charge on any atom is -0.497 e. The van der Waals surface area contributed by atoms with Gasteiger partial charge in [0.25, 0.3) is 5.91 Å². The monoisotopic (exact) mass is 928 g/mol. The Morgan fingerprint density at radius 3 is 2.35 bits per heavy atom. The van der Waals surface area contributed by atoms with Crippen LogP contribution < -0.4 is 24.8 Å². The quantitative estimate of drug-likeness (QED) is 0.157. The number of nitrogens with zero attached hydrogens (tertiary/aromatic N) is 3. The second-order valence-corrected chi connectivity index (χ2v) is 22.2. The van der Waals surface area contributed by atoms with Crippen LogP contribution in [0, 0.1) is 23.2 Å². The molecule has 7 rings (SSSR count). The van der Waals surface area contributed by atoms with Gasteiger partial charge in [-0.25, -0.2) is 18.2 Å². The highest BCUT2D eigenvalue weighted by molar-refractivity contribution is 7.91. The zero-order valence-electron chi connectivity index (χ0n) is 39.1. The van der Waals surface area contributed by atoms with E-state index in [0.717, 1.165) is 18.4 Å². The molecule has 3 N–H and O–H groups in total. The van der Waals surface area contributed by atoms with E-state index < -0.39 is 79.6 Å². The Bertz CT molecular complexity index is 2460. The highest BCUT2D eigenvalue weighted by Crippen LogP contribution is 2.46. The molecule has 2 aliphatic heterocycles. The third-order valence-corrected chi connectivity index (χ3v) is 14.8. The molecular weight excluding hydrogens is 865 g/mol. The molecule has 6 atom stereocenters. The number of rotatable bonds is 15. The minimum absolute atomic E-state index is 0.0121. The van der Waals surface area contributed by atoms with Crippen molar-refractivity contribution in [2.75, 3.05) is 33.3 Å². The fourth-order valence-electron chi connectivity index (χ4n) is 9.00. The van der Waals surface area contributed by atoms with Crippen molar-refractivity contribution in [2.45, 2.75) is 115 Å². The molecule has 2 saturated heterocycles. The number of carbonyl (C=O) groups excluding carboxylic acids is 5. The topological polar surface area (TPSA) is 203 Å². The van der Waals surface area contributed by atoms with Crippen LogP contribution in [-0.2, 0) is 33.9 Å². The van der Waals surface area contributed by atoms with E-state index in [9.17, 15) is 27.6 Å². The molecule has 4 aliphatic rings. The molecule has 2 saturated carbocycles. The average molecular weight is 929 g/mol.